The Bertz CT molecular complexity index is 1260. The number of aryl methyl sites for hydroxylation is 3. The number of benzene rings is 2. The van der Waals surface area contributed by atoms with E-state index in [4.69, 9.17) is 4.74 Å². The summed E-state index contributed by atoms with van der Waals surface area (Å²) in [6.45, 7) is 5.86. The summed E-state index contributed by atoms with van der Waals surface area (Å²) in [5.41, 5.74) is 5.75. The molecule has 31 heavy (non-hydrogen) atoms. The molecule has 0 N–H and O–H groups in total. The summed E-state index contributed by atoms with van der Waals surface area (Å²) in [7, 11) is 0. The first-order valence-electron chi connectivity index (χ1n) is 10.2. The zero-order valence-corrected chi connectivity index (χ0v) is 17.8. The highest BCUT2D eigenvalue weighted by atomic mass is 16.5. The Balaban J connectivity index is 1.40. The smallest absolute Gasteiger partial charge is 0.311 e. The first-order valence-corrected chi connectivity index (χ1v) is 10.2. The van der Waals surface area contributed by atoms with Crippen molar-refractivity contribution in [1.29, 1.82) is 0 Å². The predicted octanol–water partition coefficient (Wildman–Crippen LogP) is 4.42. The number of hydrogen-bond acceptors (Lipinski definition) is 5. The maximum absolute atomic E-state index is 12.5. The van der Waals surface area contributed by atoms with E-state index in [0.717, 1.165) is 28.3 Å². The third-order valence-electron chi connectivity index (χ3n) is 5.25. The summed E-state index contributed by atoms with van der Waals surface area (Å²) >= 11 is 0. The summed E-state index contributed by atoms with van der Waals surface area (Å²) in [6, 6.07) is 17.6. The van der Waals surface area contributed by atoms with Crippen molar-refractivity contribution in [2.45, 2.75) is 33.6 Å². The SMILES string of the molecule is Cc1cc2nc(C)c(CCC(=O)Oc3ccc(C(=O)c4ccccc4)cc3)c(C)n2n1. The number of esters is 1. The van der Waals surface area contributed by atoms with Gasteiger partial charge in [-0.15, -0.1) is 0 Å². The average Bonchev–Trinajstić information content (AvgIpc) is 3.14. The molecule has 6 nitrogen and oxygen atoms in total. The van der Waals surface area contributed by atoms with Crippen LogP contribution in [0, 0.1) is 20.8 Å². The fraction of sp³-hybridized carbons (Fsp3) is 0.200. The van der Waals surface area contributed by atoms with E-state index in [1.165, 1.54) is 0 Å². The van der Waals surface area contributed by atoms with Crippen molar-refractivity contribution in [3.8, 4) is 5.75 Å². The first-order chi connectivity index (χ1) is 14.9. The Labute approximate surface area is 180 Å². The van der Waals surface area contributed by atoms with Crippen LogP contribution in [-0.2, 0) is 11.2 Å². The number of ketones is 1. The minimum absolute atomic E-state index is 0.0684. The van der Waals surface area contributed by atoms with E-state index >= 15 is 0 Å². The van der Waals surface area contributed by atoms with Crippen molar-refractivity contribution in [3.05, 3.63) is 94.4 Å². The predicted molar refractivity (Wildman–Crippen MR) is 117 cm³/mol. The minimum Gasteiger partial charge on any atom is -0.427 e. The number of rotatable bonds is 6. The largest absolute Gasteiger partial charge is 0.427 e. The zero-order valence-electron chi connectivity index (χ0n) is 17.8. The highest BCUT2D eigenvalue weighted by Crippen LogP contribution is 2.19. The molecule has 156 valence electrons. The fourth-order valence-electron chi connectivity index (χ4n) is 3.64. The topological polar surface area (TPSA) is 73.6 Å². The van der Waals surface area contributed by atoms with Crippen molar-refractivity contribution in [2.75, 3.05) is 0 Å². The van der Waals surface area contributed by atoms with E-state index in [1.807, 2.05) is 49.6 Å². The lowest BCUT2D eigenvalue weighted by Gasteiger charge is -2.11. The lowest BCUT2D eigenvalue weighted by molar-refractivity contribution is -0.134. The van der Waals surface area contributed by atoms with Gasteiger partial charge in [-0.25, -0.2) is 9.50 Å². The van der Waals surface area contributed by atoms with E-state index in [-0.39, 0.29) is 18.2 Å². The Morgan fingerprint density at radius 3 is 2.32 bits per heavy atom. The van der Waals surface area contributed by atoms with Crippen LogP contribution < -0.4 is 4.74 Å². The summed E-state index contributed by atoms with van der Waals surface area (Å²) in [4.78, 5) is 29.4. The second-order valence-corrected chi connectivity index (χ2v) is 7.51. The van der Waals surface area contributed by atoms with Gasteiger partial charge in [-0.1, -0.05) is 30.3 Å². The molecule has 4 rings (SSSR count). The van der Waals surface area contributed by atoms with Gasteiger partial charge < -0.3 is 4.74 Å². The van der Waals surface area contributed by atoms with Gasteiger partial charge in [-0.2, -0.15) is 5.10 Å². The Hall–Kier alpha value is -3.80. The van der Waals surface area contributed by atoms with Gasteiger partial charge in [-0.3, -0.25) is 9.59 Å². The molecule has 0 atom stereocenters. The molecule has 0 unspecified atom stereocenters. The van der Waals surface area contributed by atoms with Crippen LogP contribution >= 0.6 is 0 Å². The molecule has 2 aromatic heterocycles. The van der Waals surface area contributed by atoms with Gasteiger partial charge in [0, 0.05) is 28.6 Å². The van der Waals surface area contributed by atoms with Crippen LogP contribution in [0.15, 0.2) is 60.7 Å². The number of aromatic nitrogens is 3. The monoisotopic (exact) mass is 413 g/mol. The molecular weight excluding hydrogens is 390 g/mol. The lowest BCUT2D eigenvalue weighted by Crippen LogP contribution is -2.12. The van der Waals surface area contributed by atoms with Crippen LogP contribution in [0.25, 0.3) is 5.65 Å². The zero-order chi connectivity index (χ0) is 22.0. The third kappa shape index (κ3) is 4.38. The average molecular weight is 413 g/mol. The number of nitrogens with zero attached hydrogens (tertiary/aromatic N) is 3. The molecule has 0 amide bonds. The molecule has 0 saturated heterocycles. The number of carbonyl (C=O) groups is 2. The summed E-state index contributed by atoms with van der Waals surface area (Å²) < 4.78 is 7.27. The molecule has 0 aliphatic rings. The van der Waals surface area contributed by atoms with Crippen LogP contribution in [0.3, 0.4) is 0 Å². The molecule has 0 bridgehead atoms. The van der Waals surface area contributed by atoms with Crippen LogP contribution in [-0.4, -0.2) is 26.4 Å². The van der Waals surface area contributed by atoms with Gasteiger partial charge in [0.2, 0.25) is 0 Å². The standard InChI is InChI=1S/C25H23N3O3/c1-16-15-23-26-17(2)22(18(3)28(23)27-16)13-14-24(29)31-21-11-9-20(10-12-21)25(30)19-7-5-4-6-8-19/h4-12,15H,13-14H2,1-3H3. The Morgan fingerprint density at radius 1 is 0.935 bits per heavy atom. The highest BCUT2D eigenvalue weighted by Gasteiger charge is 2.14. The highest BCUT2D eigenvalue weighted by molar-refractivity contribution is 6.09. The van der Waals surface area contributed by atoms with Gasteiger partial charge in [0.15, 0.2) is 11.4 Å². The molecule has 0 aliphatic carbocycles. The van der Waals surface area contributed by atoms with Crippen LogP contribution in [0.4, 0.5) is 0 Å². The summed E-state index contributed by atoms with van der Waals surface area (Å²) in [5.74, 6) is 0.0122. The Kier molecular flexibility index (Phi) is 5.62. The lowest BCUT2D eigenvalue weighted by atomic mass is 10.0. The molecule has 0 saturated carbocycles. The van der Waals surface area contributed by atoms with E-state index in [1.54, 1.807) is 36.4 Å². The molecule has 0 radical (unpaired) electrons. The molecule has 0 spiro atoms. The van der Waals surface area contributed by atoms with Crippen molar-refractivity contribution in [3.63, 3.8) is 0 Å². The molecule has 2 heterocycles. The van der Waals surface area contributed by atoms with Crippen molar-refractivity contribution in [2.24, 2.45) is 0 Å². The van der Waals surface area contributed by atoms with E-state index in [9.17, 15) is 9.59 Å². The molecule has 0 aliphatic heterocycles. The van der Waals surface area contributed by atoms with Gasteiger partial charge in [0.25, 0.3) is 0 Å². The van der Waals surface area contributed by atoms with E-state index in [2.05, 4.69) is 10.1 Å². The van der Waals surface area contributed by atoms with Crippen molar-refractivity contribution >= 4 is 17.4 Å². The van der Waals surface area contributed by atoms with Gasteiger partial charge in [-0.05, 0) is 57.0 Å². The molecule has 2 aromatic carbocycles. The van der Waals surface area contributed by atoms with E-state index < -0.39 is 0 Å². The van der Waals surface area contributed by atoms with Crippen molar-refractivity contribution in [1.82, 2.24) is 14.6 Å². The fourth-order valence-corrected chi connectivity index (χ4v) is 3.64. The second-order valence-electron chi connectivity index (χ2n) is 7.51. The summed E-state index contributed by atoms with van der Waals surface area (Å²) in [6.07, 6.45) is 0.739. The van der Waals surface area contributed by atoms with Gasteiger partial charge in [0.1, 0.15) is 5.75 Å². The first kappa shape index (κ1) is 20.5. The molecule has 0 fully saturated rings. The maximum atomic E-state index is 12.5. The van der Waals surface area contributed by atoms with Crippen LogP contribution in [0.5, 0.6) is 5.75 Å². The number of carbonyl (C=O) groups excluding carboxylic acids is 2. The second kappa shape index (κ2) is 8.52. The van der Waals surface area contributed by atoms with Gasteiger partial charge in [0.05, 0.1) is 12.1 Å². The number of hydrogen-bond donors (Lipinski definition) is 0. The van der Waals surface area contributed by atoms with Crippen LogP contribution in [0.2, 0.25) is 0 Å². The minimum atomic E-state index is -0.335. The van der Waals surface area contributed by atoms with Crippen LogP contribution in [0.1, 0.15) is 45.0 Å². The Morgan fingerprint density at radius 2 is 1.61 bits per heavy atom. The van der Waals surface area contributed by atoms with E-state index in [0.29, 0.717) is 23.3 Å². The molecule has 6 heteroatoms. The normalized spacial score (nSPS) is 10.9. The third-order valence-corrected chi connectivity index (χ3v) is 5.25. The summed E-state index contributed by atoms with van der Waals surface area (Å²) in [5, 5.41) is 4.46. The van der Waals surface area contributed by atoms with Crippen molar-refractivity contribution < 1.29 is 14.3 Å². The molecular formula is C25H23N3O3. The van der Waals surface area contributed by atoms with Gasteiger partial charge >= 0.3 is 5.97 Å². The quantitative estimate of drug-likeness (QED) is 0.266. The number of ether oxygens (including phenoxy) is 1. The number of fused-ring (bicyclic) bond motifs is 1. The molecule has 4 aromatic rings. The maximum Gasteiger partial charge on any atom is 0.311 e.